The molecule has 0 aromatic rings. The van der Waals surface area contributed by atoms with Crippen LogP contribution in [0.25, 0.3) is 0 Å². The lowest BCUT2D eigenvalue weighted by atomic mass is 9.42. The lowest BCUT2D eigenvalue weighted by molar-refractivity contribution is -0.497. The smallest absolute Gasteiger partial charge is 0.130 e. The summed E-state index contributed by atoms with van der Waals surface area (Å²) in [5.41, 5.74) is -0.271. The number of hydrogen-bond donors (Lipinski definition) is 1. The molecule has 2 aliphatic heterocycles. The van der Waals surface area contributed by atoms with Gasteiger partial charge in [-0.25, -0.2) is 9.78 Å². The van der Waals surface area contributed by atoms with Gasteiger partial charge in [0.15, 0.2) is 0 Å². The maximum absolute atomic E-state index is 10.4. The molecule has 2 heterocycles. The normalized spacial score (nSPS) is 51.2. The highest BCUT2D eigenvalue weighted by Gasteiger charge is 2.74. The molecule has 10 atom stereocenters. The zero-order valence-corrected chi connectivity index (χ0v) is 21.5. The molecule has 3 nitrogen and oxygen atoms in total. The van der Waals surface area contributed by atoms with E-state index in [0.717, 1.165) is 36.5 Å². The predicted octanol–water partition coefficient (Wildman–Crippen LogP) is 7.09. The van der Waals surface area contributed by atoms with E-state index < -0.39 is 5.60 Å². The molecule has 1 saturated heterocycles. The first-order valence-corrected chi connectivity index (χ1v) is 13.9. The van der Waals surface area contributed by atoms with Crippen LogP contribution in [0.2, 0.25) is 0 Å². The Kier molecular flexibility index (Phi) is 5.71. The van der Waals surface area contributed by atoms with Crippen LogP contribution in [-0.4, -0.2) is 22.4 Å². The summed E-state index contributed by atoms with van der Waals surface area (Å²) in [7, 11) is 0. The number of hydrogen-bond acceptors (Lipinski definition) is 3. The highest BCUT2D eigenvalue weighted by molar-refractivity contribution is 5.33. The first-order chi connectivity index (χ1) is 15.1. The lowest BCUT2D eigenvalue weighted by Gasteiger charge is -2.69. The van der Waals surface area contributed by atoms with Gasteiger partial charge >= 0.3 is 0 Å². The quantitative estimate of drug-likeness (QED) is 0.351. The molecule has 6 rings (SSSR count). The van der Waals surface area contributed by atoms with E-state index in [9.17, 15) is 5.11 Å². The first kappa shape index (κ1) is 23.4. The van der Waals surface area contributed by atoms with Crippen molar-refractivity contribution >= 4 is 0 Å². The van der Waals surface area contributed by atoms with Crippen molar-refractivity contribution in [2.45, 2.75) is 123 Å². The number of aliphatic hydroxyl groups is 1. The highest BCUT2D eigenvalue weighted by Crippen LogP contribution is 2.72. The number of rotatable bonds is 6. The molecular weight excluding hydrogens is 396 g/mol. The molecule has 6 aliphatic rings. The van der Waals surface area contributed by atoms with Crippen molar-refractivity contribution < 1.29 is 14.9 Å². The molecule has 2 spiro atoms. The van der Waals surface area contributed by atoms with Gasteiger partial charge < -0.3 is 5.11 Å². The van der Waals surface area contributed by atoms with E-state index in [1.165, 1.54) is 44.9 Å². The van der Waals surface area contributed by atoms with Gasteiger partial charge in [-0.1, -0.05) is 60.5 Å². The summed E-state index contributed by atoms with van der Waals surface area (Å²) in [6.07, 6.45) is 16.3. The van der Waals surface area contributed by atoms with Crippen LogP contribution in [0, 0.1) is 46.3 Å². The average Bonchev–Trinajstić information content (AvgIpc) is 3.12. The molecule has 0 amide bonds. The van der Waals surface area contributed by atoms with Gasteiger partial charge in [-0.3, -0.25) is 0 Å². The van der Waals surface area contributed by atoms with Gasteiger partial charge in [0.05, 0.1) is 6.10 Å². The zero-order chi connectivity index (χ0) is 22.9. The van der Waals surface area contributed by atoms with Crippen LogP contribution in [-0.2, 0) is 9.78 Å². The Morgan fingerprint density at radius 2 is 1.72 bits per heavy atom. The molecule has 0 aromatic heterocycles. The molecule has 32 heavy (non-hydrogen) atoms. The highest BCUT2D eigenvalue weighted by atomic mass is 17.2. The van der Waals surface area contributed by atoms with Crippen molar-refractivity contribution in [1.29, 1.82) is 0 Å². The van der Waals surface area contributed by atoms with E-state index in [4.69, 9.17) is 9.78 Å². The van der Waals surface area contributed by atoms with Crippen molar-refractivity contribution in [2.24, 2.45) is 46.3 Å². The third-order valence-corrected chi connectivity index (χ3v) is 11.8. The minimum Gasteiger partial charge on any atom is -0.393 e. The third kappa shape index (κ3) is 3.02. The molecule has 182 valence electrons. The van der Waals surface area contributed by atoms with Gasteiger partial charge in [-0.2, -0.15) is 0 Å². The van der Waals surface area contributed by atoms with Gasteiger partial charge in [0, 0.05) is 23.7 Å². The molecule has 0 aromatic carbocycles. The van der Waals surface area contributed by atoms with Crippen LogP contribution in [0.1, 0.15) is 106 Å². The summed E-state index contributed by atoms with van der Waals surface area (Å²) in [6.45, 7) is 14.7. The Morgan fingerprint density at radius 3 is 2.38 bits per heavy atom. The Labute approximate surface area is 196 Å². The maximum atomic E-state index is 10.4. The molecule has 3 heteroatoms. The second-order valence-electron chi connectivity index (χ2n) is 13.4. The van der Waals surface area contributed by atoms with E-state index in [2.05, 4.69) is 53.7 Å². The van der Waals surface area contributed by atoms with Crippen molar-refractivity contribution in [3.63, 3.8) is 0 Å². The van der Waals surface area contributed by atoms with E-state index in [0.29, 0.717) is 23.7 Å². The fourth-order valence-corrected chi connectivity index (χ4v) is 9.76. The van der Waals surface area contributed by atoms with Crippen molar-refractivity contribution in [2.75, 3.05) is 0 Å². The molecule has 4 aliphatic carbocycles. The molecule has 4 fully saturated rings. The van der Waals surface area contributed by atoms with Crippen molar-refractivity contribution in [3.8, 4) is 0 Å². The SMILES string of the molecule is CC[C@H](CCC(C)[C@H]1CC[C@@H]2[C@]1(C)CC[C@H]1[C@]23C=C[C@]2(C[C@@H](O)CC[C@]12C)OO3)C(C)C. The zero-order valence-electron chi connectivity index (χ0n) is 21.5. The predicted molar refractivity (Wildman–Crippen MR) is 129 cm³/mol. The minimum atomic E-state index is -0.428. The molecule has 2 bridgehead atoms. The average molecular weight is 445 g/mol. The van der Waals surface area contributed by atoms with Gasteiger partial charge in [0.2, 0.25) is 0 Å². The molecule has 0 radical (unpaired) electrons. The molecule has 1 N–H and O–H groups in total. The third-order valence-electron chi connectivity index (χ3n) is 11.8. The summed E-state index contributed by atoms with van der Waals surface area (Å²) in [4.78, 5) is 12.8. The van der Waals surface area contributed by atoms with E-state index in [1.807, 2.05) is 0 Å². The van der Waals surface area contributed by atoms with Crippen LogP contribution in [0.15, 0.2) is 12.2 Å². The van der Waals surface area contributed by atoms with Crippen LogP contribution >= 0.6 is 0 Å². The number of fused-ring (bicyclic) bond motifs is 2. The Hall–Kier alpha value is -0.380. The van der Waals surface area contributed by atoms with E-state index in [-0.39, 0.29) is 17.1 Å². The summed E-state index contributed by atoms with van der Waals surface area (Å²) in [5.74, 6) is 4.29. The largest absolute Gasteiger partial charge is 0.393 e. The van der Waals surface area contributed by atoms with E-state index in [1.54, 1.807) is 0 Å². The summed E-state index contributed by atoms with van der Waals surface area (Å²) >= 11 is 0. The van der Waals surface area contributed by atoms with Crippen molar-refractivity contribution in [3.05, 3.63) is 12.2 Å². The fraction of sp³-hybridized carbons (Fsp3) is 0.931. The minimum absolute atomic E-state index is 0.0792. The summed E-state index contributed by atoms with van der Waals surface area (Å²) in [6, 6.07) is 0. The van der Waals surface area contributed by atoms with Gasteiger partial charge in [0.1, 0.15) is 11.2 Å². The lowest BCUT2D eigenvalue weighted by Crippen LogP contribution is -2.73. The fourth-order valence-electron chi connectivity index (χ4n) is 9.76. The van der Waals surface area contributed by atoms with Gasteiger partial charge in [-0.05, 0) is 80.1 Å². The second kappa shape index (κ2) is 7.82. The van der Waals surface area contributed by atoms with Crippen LogP contribution in [0.5, 0.6) is 0 Å². The maximum Gasteiger partial charge on any atom is 0.130 e. The standard InChI is InChI=1S/C29H48O3/c1-7-21(19(2)3)9-8-20(4)23-10-11-24-26(23,5)14-13-25-27(6)15-12-22(30)18-28(27)16-17-29(24,25)32-31-28/h16-17,19-25,30H,7-15,18H2,1-6H3/t20?,21-,22+,23-,24-,25-,26-,27-,28-,29+/m1/s1. The summed E-state index contributed by atoms with van der Waals surface area (Å²) < 4.78 is 0. The van der Waals surface area contributed by atoms with Crippen LogP contribution in [0.3, 0.4) is 0 Å². The molecular formula is C29H48O3. The van der Waals surface area contributed by atoms with Crippen LogP contribution < -0.4 is 0 Å². The Balaban J connectivity index is 1.39. The van der Waals surface area contributed by atoms with Crippen molar-refractivity contribution in [1.82, 2.24) is 0 Å². The Morgan fingerprint density at radius 1 is 0.938 bits per heavy atom. The number of aliphatic hydroxyl groups excluding tert-OH is 1. The summed E-state index contributed by atoms with van der Waals surface area (Å²) in [5, 5.41) is 10.4. The topological polar surface area (TPSA) is 38.7 Å². The Bertz CT molecular complexity index is 747. The van der Waals surface area contributed by atoms with Crippen LogP contribution in [0.4, 0.5) is 0 Å². The molecule has 1 unspecified atom stereocenters. The van der Waals surface area contributed by atoms with E-state index >= 15 is 0 Å². The second-order valence-corrected chi connectivity index (χ2v) is 13.4. The van der Waals surface area contributed by atoms with Gasteiger partial charge in [0.25, 0.3) is 0 Å². The monoisotopic (exact) mass is 444 g/mol. The first-order valence-electron chi connectivity index (χ1n) is 13.9. The van der Waals surface area contributed by atoms with Gasteiger partial charge in [-0.15, -0.1) is 0 Å². The molecule has 3 saturated carbocycles.